The van der Waals surface area contributed by atoms with Gasteiger partial charge in [-0.3, -0.25) is 9.89 Å². The van der Waals surface area contributed by atoms with Crippen LogP contribution < -0.4 is 10.2 Å². The molecule has 2 aromatic carbocycles. The second-order valence-corrected chi connectivity index (χ2v) is 12.4. The van der Waals surface area contributed by atoms with E-state index in [0.29, 0.717) is 29.3 Å². The van der Waals surface area contributed by atoms with Crippen molar-refractivity contribution in [2.45, 2.75) is 44.0 Å². The molecule has 5 rings (SSSR count). The highest BCUT2D eigenvalue weighted by atomic mass is 32.2. The molecular weight excluding hydrogens is 538 g/mol. The van der Waals surface area contributed by atoms with E-state index >= 15 is 0 Å². The fourth-order valence-electron chi connectivity index (χ4n) is 5.32. The van der Waals surface area contributed by atoms with E-state index < -0.39 is 26.6 Å². The highest BCUT2D eigenvalue weighted by Gasteiger charge is 2.32. The molecule has 2 aliphatic rings. The molecule has 12 heteroatoms. The van der Waals surface area contributed by atoms with Crippen LogP contribution in [0.25, 0.3) is 0 Å². The normalized spacial score (nSPS) is 16.5. The van der Waals surface area contributed by atoms with Crippen molar-refractivity contribution in [2.75, 3.05) is 50.0 Å². The van der Waals surface area contributed by atoms with Crippen LogP contribution in [-0.4, -0.2) is 73.5 Å². The third-order valence-corrected chi connectivity index (χ3v) is 9.52. The van der Waals surface area contributed by atoms with Crippen LogP contribution in [0.5, 0.6) is 0 Å². The fourth-order valence-corrected chi connectivity index (χ4v) is 6.78. The number of sulfonamides is 1. The van der Waals surface area contributed by atoms with Gasteiger partial charge in [0.2, 0.25) is 10.0 Å². The average molecular weight is 573 g/mol. The van der Waals surface area contributed by atoms with Crippen LogP contribution in [0.1, 0.15) is 46.4 Å². The Hall–Kier alpha value is -3.35. The first-order valence-corrected chi connectivity index (χ1v) is 14.9. The zero-order chi connectivity index (χ0) is 28.4. The van der Waals surface area contributed by atoms with Crippen molar-refractivity contribution in [3.63, 3.8) is 0 Å². The Morgan fingerprint density at radius 1 is 1.07 bits per heavy atom. The van der Waals surface area contributed by atoms with E-state index in [1.54, 1.807) is 6.07 Å². The van der Waals surface area contributed by atoms with Gasteiger partial charge in [-0.15, -0.1) is 0 Å². The van der Waals surface area contributed by atoms with E-state index in [-0.39, 0.29) is 24.8 Å². The number of aromatic nitrogens is 2. The van der Waals surface area contributed by atoms with Gasteiger partial charge in [-0.05, 0) is 68.8 Å². The van der Waals surface area contributed by atoms with Crippen LogP contribution >= 0.6 is 0 Å². The number of likely N-dealkylation sites (tertiary alicyclic amines) is 1. The SMILES string of the molecule is Cc1cc(N(C)CCN2CCCCC2)ccc1C(=O)Nc1n[nH]c2c1CN(S(=O)(=O)c1cc(F)cc(F)c1)CC2. The minimum absolute atomic E-state index is 0.0956. The number of likely N-dealkylation sites (N-methyl/N-ethyl adjacent to an activating group) is 1. The van der Waals surface area contributed by atoms with Gasteiger partial charge in [0.1, 0.15) is 11.6 Å². The Labute approximate surface area is 233 Å². The number of fused-ring (bicyclic) bond motifs is 1. The molecule has 214 valence electrons. The molecule has 0 atom stereocenters. The summed E-state index contributed by atoms with van der Waals surface area (Å²) in [6.07, 6.45) is 4.13. The van der Waals surface area contributed by atoms with Crippen molar-refractivity contribution in [1.82, 2.24) is 19.4 Å². The summed E-state index contributed by atoms with van der Waals surface area (Å²) >= 11 is 0. The molecule has 1 saturated heterocycles. The Morgan fingerprint density at radius 2 is 1.80 bits per heavy atom. The molecule has 0 spiro atoms. The lowest BCUT2D eigenvalue weighted by Crippen LogP contribution is -2.36. The monoisotopic (exact) mass is 572 g/mol. The van der Waals surface area contributed by atoms with Crippen molar-refractivity contribution in [1.29, 1.82) is 0 Å². The van der Waals surface area contributed by atoms with E-state index in [2.05, 4.69) is 25.3 Å². The Balaban J connectivity index is 1.26. The van der Waals surface area contributed by atoms with Crippen LogP contribution in [0.3, 0.4) is 0 Å². The summed E-state index contributed by atoms with van der Waals surface area (Å²) in [5.74, 6) is -2.07. The highest BCUT2D eigenvalue weighted by Crippen LogP contribution is 2.29. The summed E-state index contributed by atoms with van der Waals surface area (Å²) in [5.41, 5.74) is 3.54. The van der Waals surface area contributed by atoms with Gasteiger partial charge in [-0.2, -0.15) is 9.40 Å². The van der Waals surface area contributed by atoms with Crippen molar-refractivity contribution >= 4 is 27.4 Å². The number of piperidine rings is 1. The molecule has 2 N–H and O–H groups in total. The number of rotatable bonds is 8. The van der Waals surface area contributed by atoms with Crippen LogP contribution in [0, 0.1) is 18.6 Å². The number of hydrogen-bond donors (Lipinski definition) is 2. The van der Waals surface area contributed by atoms with Gasteiger partial charge >= 0.3 is 0 Å². The molecule has 1 amide bonds. The number of aromatic amines is 1. The molecule has 0 bridgehead atoms. The second-order valence-electron chi connectivity index (χ2n) is 10.5. The molecule has 0 unspecified atom stereocenters. The van der Waals surface area contributed by atoms with Crippen LogP contribution in [0.15, 0.2) is 41.3 Å². The van der Waals surface area contributed by atoms with Gasteiger partial charge < -0.3 is 15.1 Å². The number of aryl methyl sites for hydroxylation is 1. The van der Waals surface area contributed by atoms with Crippen LogP contribution in [0.2, 0.25) is 0 Å². The predicted octanol–water partition coefficient (Wildman–Crippen LogP) is 3.92. The van der Waals surface area contributed by atoms with Crippen LogP contribution in [0.4, 0.5) is 20.3 Å². The van der Waals surface area contributed by atoms with Crippen molar-refractivity contribution in [2.24, 2.45) is 0 Å². The summed E-state index contributed by atoms with van der Waals surface area (Å²) in [6.45, 7) is 6.08. The lowest BCUT2D eigenvalue weighted by Gasteiger charge is -2.29. The summed E-state index contributed by atoms with van der Waals surface area (Å²) < 4.78 is 54.8. The number of amides is 1. The number of carbonyl (C=O) groups excluding carboxylic acids is 1. The smallest absolute Gasteiger partial charge is 0.257 e. The zero-order valence-electron chi connectivity index (χ0n) is 22.7. The topological polar surface area (TPSA) is 102 Å². The molecule has 0 aliphatic carbocycles. The predicted molar refractivity (Wildman–Crippen MR) is 149 cm³/mol. The van der Waals surface area contributed by atoms with Gasteiger partial charge in [-0.1, -0.05) is 6.42 Å². The van der Waals surface area contributed by atoms with E-state index in [1.165, 1.54) is 19.3 Å². The summed E-state index contributed by atoms with van der Waals surface area (Å²) in [5, 5.41) is 9.90. The molecule has 1 fully saturated rings. The molecule has 2 aliphatic heterocycles. The largest absolute Gasteiger partial charge is 0.373 e. The molecule has 0 saturated carbocycles. The minimum atomic E-state index is -4.17. The molecule has 1 aromatic heterocycles. The zero-order valence-corrected chi connectivity index (χ0v) is 23.5. The van der Waals surface area contributed by atoms with Gasteiger partial charge in [0.15, 0.2) is 5.82 Å². The maximum absolute atomic E-state index is 13.7. The number of nitrogens with one attached hydrogen (secondary N) is 2. The first-order valence-electron chi connectivity index (χ1n) is 13.5. The first-order chi connectivity index (χ1) is 19.1. The number of halogens is 2. The number of benzene rings is 2. The van der Waals surface area contributed by atoms with Crippen molar-refractivity contribution < 1.29 is 22.0 Å². The lowest BCUT2D eigenvalue weighted by atomic mass is 10.1. The third kappa shape index (κ3) is 6.03. The minimum Gasteiger partial charge on any atom is -0.373 e. The Bertz CT molecular complexity index is 1480. The summed E-state index contributed by atoms with van der Waals surface area (Å²) in [4.78, 5) is 17.4. The fraction of sp³-hybridized carbons (Fsp3) is 0.429. The van der Waals surface area contributed by atoms with E-state index in [1.807, 2.05) is 26.1 Å². The number of anilines is 2. The summed E-state index contributed by atoms with van der Waals surface area (Å²) in [6, 6.07) is 7.90. The Kier molecular flexibility index (Phi) is 8.20. The number of H-pyrrole nitrogens is 1. The molecule has 3 aromatic rings. The number of hydrogen-bond acceptors (Lipinski definition) is 6. The molecule has 3 heterocycles. The van der Waals surface area contributed by atoms with Gasteiger partial charge in [0.25, 0.3) is 5.91 Å². The highest BCUT2D eigenvalue weighted by molar-refractivity contribution is 7.89. The van der Waals surface area contributed by atoms with E-state index in [0.717, 1.165) is 53.9 Å². The van der Waals surface area contributed by atoms with Crippen LogP contribution in [-0.2, 0) is 23.0 Å². The second kappa shape index (κ2) is 11.6. The maximum atomic E-state index is 13.7. The summed E-state index contributed by atoms with van der Waals surface area (Å²) in [7, 11) is -2.12. The van der Waals surface area contributed by atoms with Crippen molar-refractivity contribution in [3.05, 3.63) is 70.4 Å². The number of carbonyl (C=O) groups is 1. The molecule has 0 radical (unpaired) electrons. The first kappa shape index (κ1) is 28.2. The van der Waals surface area contributed by atoms with E-state index in [4.69, 9.17) is 0 Å². The van der Waals surface area contributed by atoms with Gasteiger partial charge in [-0.25, -0.2) is 17.2 Å². The molecule has 40 heavy (non-hydrogen) atoms. The molecular formula is C28H34F2N6O3S. The lowest BCUT2D eigenvalue weighted by molar-refractivity contribution is 0.102. The molecule has 9 nitrogen and oxygen atoms in total. The third-order valence-electron chi connectivity index (χ3n) is 7.70. The van der Waals surface area contributed by atoms with Gasteiger partial charge in [0, 0.05) is 68.2 Å². The van der Waals surface area contributed by atoms with E-state index in [9.17, 15) is 22.0 Å². The average Bonchev–Trinajstić information content (AvgIpc) is 3.33. The van der Waals surface area contributed by atoms with Crippen molar-refractivity contribution in [3.8, 4) is 0 Å². The Morgan fingerprint density at radius 3 is 2.50 bits per heavy atom. The maximum Gasteiger partial charge on any atom is 0.257 e. The quantitative estimate of drug-likeness (QED) is 0.425. The number of nitrogens with zero attached hydrogens (tertiary/aromatic N) is 4. The standard InChI is InChI=1S/C28H34F2N6O3S/c1-19-14-22(34(2)12-13-35-9-4-3-5-10-35)6-7-24(19)28(37)31-27-25-18-36(11-8-26(25)32-33-27)40(38,39)23-16-20(29)15-21(30)17-23/h6-7,14-17H,3-5,8-13,18H2,1-2H3,(H2,31,32,33,37). The van der Waals surface area contributed by atoms with Gasteiger partial charge in [0.05, 0.1) is 4.90 Å².